The van der Waals surface area contributed by atoms with Gasteiger partial charge in [0.25, 0.3) is 0 Å². The molecule has 5 nitrogen and oxygen atoms in total. The summed E-state index contributed by atoms with van der Waals surface area (Å²) < 4.78 is 13.0. The van der Waals surface area contributed by atoms with Crippen LogP contribution in [0.3, 0.4) is 0 Å². The fourth-order valence-electron chi connectivity index (χ4n) is 8.09. The fourth-order valence-corrected chi connectivity index (χ4v) is 8.09. The predicted molar refractivity (Wildman–Crippen MR) is 212 cm³/mol. The van der Waals surface area contributed by atoms with Gasteiger partial charge in [0, 0.05) is 44.3 Å². The van der Waals surface area contributed by atoms with Crippen molar-refractivity contribution >= 4 is 72.2 Å². The average Bonchev–Trinajstić information content (AvgIpc) is 3.79. The second kappa shape index (κ2) is 11.4. The summed E-state index contributed by atoms with van der Waals surface area (Å²) in [6, 6.07) is 50.9. The van der Waals surface area contributed by atoms with E-state index in [0.717, 1.165) is 79.0 Å². The summed E-state index contributed by atoms with van der Waals surface area (Å²) in [6.07, 6.45) is 4.77. The Morgan fingerprint density at radius 2 is 1.25 bits per heavy atom. The lowest BCUT2D eigenvalue weighted by atomic mass is 9.85. The van der Waals surface area contributed by atoms with Crippen LogP contribution in [-0.2, 0) is 6.42 Å². The van der Waals surface area contributed by atoms with Crippen molar-refractivity contribution in [2.45, 2.75) is 18.5 Å². The highest BCUT2D eigenvalue weighted by Crippen LogP contribution is 2.42. The van der Waals surface area contributed by atoms with Crippen LogP contribution in [0.15, 0.2) is 170 Å². The van der Waals surface area contributed by atoms with Crippen molar-refractivity contribution in [2.24, 2.45) is 9.98 Å². The van der Waals surface area contributed by atoms with E-state index in [1.807, 2.05) is 18.2 Å². The summed E-state index contributed by atoms with van der Waals surface area (Å²) >= 11 is 0. The number of nitrogens with one attached hydrogen (secondary N) is 1. The van der Waals surface area contributed by atoms with Gasteiger partial charge in [-0.3, -0.25) is 0 Å². The average molecular weight is 670 g/mol. The Morgan fingerprint density at radius 1 is 0.577 bits per heavy atom. The molecule has 1 aliphatic heterocycles. The van der Waals surface area contributed by atoms with Gasteiger partial charge >= 0.3 is 0 Å². The van der Waals surface area contributed by atoms with Crippen molar-refractivity contribution in [2.75, 3.05) is 0 Å². The molecule has 2 aliphatic rings. The molecule has 0 radical (unpaired) electrons. The van der Waals surface area contributed by atoms with Gasteiger partial charge in [-0.05, 0) is 63.9 Å². The van der Waals surface area contributed by atoms with Crippen LogP contribution in [0.1, 0.15) is 45.7 Å². The first-order valence-corrected chi connectivity index (χ1v) is 17.8. The Bertz CT molecular complexity index is 3000. The smallest absolute Gasteiger partial charge is 0.169 e. The van der Waals surface area contributed by atoms with Crippen molar-refractivity contribution in [1.82, 2.24) is 5.32 Å². The van der Waals surface area contributed by atoms with E-state index in [2.05, 4.69) is 145 Å². The number of furan rings is 2. The molecule has 2 aromatic heterocycles. The fraction of sp³-hybridized carbons (Fsp3) is 0.0638. The molecule has 7 aromatic carbocycles. The molecule has 0 saturated heterocycles. The van der Waals surface area contributed by atoms with Crippen LogP contribution >= 0.6 is 0 Å². The quantitative estimate of drug-likeness (QED) is 0.203. The first-order valence-electron chi connectivity index (χ1n) is 17.8. The third kappa shape index (κ3) is 4.63. The molecular weight excluding hydrogens is 639 g/mol. The first-order chi connectivity index (χ1) is 25.7. The molecule has 0 spiro atoms. The number of benzene rings is 7. The highest BCUT2D eigenvalue weighted by molar-refractivity contribution is 6.24. The van der Waals surface area contributed by atoms with Gasteiger partial charge in [0.1, 0.15) is 34.2 Å². The van der Waals surface area contributed by atoms with E-state index in [1.165, 1.54) is 27.1 Å². The molecule has 3 heterocycles. The lowest BCUT2D eigenvalue weighted by molar-refractivity contribution is 0.590. The maximum absolute atomic E-state index is 6.77. The summed E-state index contributed by atoms with van der Waals surface area (Å²) in [4.78, 5) is 10.6. The van der Waals surface area contributed by atoms with Crippen LogP contribution < -0.4 is 5.32 Å². The van der Waals surface area contributed by atoms with Crippen LogP contribution in [0.25, 0.3) is 60.5 Å². The van der Waals surface area contributed by atoms with E-state index < -0.39 is 6.17 Å². The third-order valence-electron chi connectivity index (χ3n) is 10.7. The maximum Gasteiger partial charge on any atom is 0.169 e. The summed E-state index contributed by atoms with van der Waals surface area (Å²) in [5.41, 5.74) is 8.08. The number of aliphatic imine (C=N–C) groups is 2. The minimum absolute atomic E-state index is 0.118. The van der Waals surface area contributed by atoms with Gasteiger partial charge in [-0.15, -0.1) is 0 Å². The van der Waals surface area contributed by atoms with Crippen LogP contribution in [0, 0.1) is 0 Å². The van der Waals surface area contributed by atoms with Gasteiger partial charge in [0.05, 0.1) is 0 Å². The largest absolute Gasteiger partial charge is 0.456 e. The summed E-state index contributed by atoms with van der Waals surface area (Å²) in [7, 11) is 0. The zero-order valence-corrected chi connectivity index (χ0v) is 28.1. The predicted octanol–water partition coefficient (Wildman–Crippen LogP) is 11.5. The molecule has 0 bridgehead atoms. The van der Waals surface area contributed by atoms with E-state index in [0.29, 0.717) is 0 Å². The van der Waals surface area contributed by atoms with Crippen molar-refractivity contribution in [3.05, 3.63) is 185 Å². The molecule has 246 valence electrons. The number of allylic oxidation sites excluding steroid dienone is 1. The zero-order valence-electron chi connectivity index (χ0n) is 28.1. The van der Waals surface area contributed by atoms with Crippen molar-refractivity contribution in [1.29, 1.82) is 0 Å². The van der Waals surface area contributed by atoms with Crippen molar-refractivity contribution < 1.29 is 8.83 Å². The van der Waals surface area contributed by atoms with Gasteiger partial charge in [-0.1, -0.05) is 127 Å². The Morgan fingerprint density at radius 3 is 2.08 bits per heavy atom. The van der Waals surface area contributed by atoms with E-state index >= 15 is 0 Å². The van der Waals surface area contributed by atoms with Gasteiger partial charge in [-0.25, -0.2) is 9.98 Å². The minimum atomic E-state index is -0.440. The molecule has 11 rings (SSSR count). The van der Waals surface area contributed by atoms with Crippen molar-refractivity contribution in [3.8, 4) is 0 Å². The van der Waals surface area contributed by atoms with Crippen LogP contribution in [0.4, 0.5) is 0 Å². The van der Waals surface area contributed by atoms with Crippen LogP contribution in [0.5, 0.6) is 0 Å². The second-order valence-corrected chi connectivity index (χ2v) is 13.7. The zero-order chi connectivity index (χ0) is 34.2. The lowest BCUT2D eigenvalue weighted by Crippen LogP contribution is -2.36. The maximum atomic E-state index is 6.77. The molecule has 0 saturated carbocycles. The molecule has 1 aliphatic carbocycles. The molecule has 2 atom stereocenters. The highest BCUT2D eigenvalue weighted by Gasteiger charge is 2.28. The van der Waals surface area contributed by atoms with E-state index in [4.69, 9.17) is 18.8 Å². The summed E-state index contributed by atoms with van der Waals surface area (Å²) in [5, 5.41) is 11.7. The third-order valence-corrected chi connectivity index (χ3v) is 10.7. The Labute approximate surface area is 299 Å². The summed E-state index contributed by atoms with van der Waals surface area (Å²) in [6.45, 7) is 0. The lowest BCUT2D eigenvalue weighted by Gasteiger charge is -2.24. The van der Waals surface area contributed by atoms with Gasteiger partial charge in [0.15, 0.2) is 6.17 Å². The van der Waals surface area contributed by atoms with Crippen molar-refractivity contribution in [3.63, 3.8) is 0 Å². The van der Waals surface area contributed by atoms with Crippen LogP contribution in [0.2, 0.25) is 0 Å². The van der Waals surface area contributed by atoms with Gasteiger partial charge < -0.3 is 14.2 Å². The SMILES string of the molecule is C1=CC(c2ccc(C3=NC(c4ccc5ccccc5c4)N=C(c4ccc5ccccc5c4)N3)c3c2oc2ccccc23)Cc2c1oc1ccccc21. The Hall–Kier alpha value is -6.72. The van der Waals surface area contributed by atoms with E-state index in [9.17, 15) is 0 Å². The monoisotopic (exact) mass is 669 g/mol. The molecule has 0 amide bonds. The Balaban J connectivity index is 1.08. The molecule has 52 heavy (non-hydrogen) atoms. The topological polar surface area (TPSA) is 63.0 Å². The standard InChI is InChI=1S/C47H31N3O2/c1-3-11-30-25-33(19-17-28(30)9-1)45-48-46(34-20-18-29-10-2-4-12-31(29)26-34)50-47(49-45)38-23-22-35(44-43(38)37-14-6-8-16-41(37)52-44)32-21-24-42-39(27-32)36-13-5-7-15-40(36)51-42/h1-26,32,45H,27H2,(H,48,49,50). The number of hydrogen-bond acceptors (Lipinski definition) is 5. The second-order valence-electron chi connectivity index (χ2n) is 13.7. The van der Waals surface area contributed by atoms with E-state index in [1.54, 1.807) is 0 Å². The molecular formula is C47H31N3O2. The number of para-hydroxylation sites is 2. The molecule has 2 unspecified atom stereocenters. The number of nitrogens with zero attached hydrogens (tertiary/aromatic N) is 2. The summed E-state index contributed by atoms with van der Waals surface area (Å²) in [5.74, 6) is 2.61. The number of rotatable bonds is 4. The Kier molecular flexibility index (Phi) is 6.37. The highest BCUT2D eigenvalue weighted by atomic mass is 16.3. The van der Waals surface area contributed by atoms with Gasteiger partial charge in [0.2, 0.25) is 0 Å². The molecule has 5 heteroatoms. The number of fused-ring (bicyclic) bond motifs is 8. The number of amidine groups is 2. The molecule has 0 fully saturated rings. The van der Waals surface area contributed by atoms with E-state index in [-0.39, 0.29) is 5.92 Å². The molecule has 1 N–H and O–H groups in total. The first kappa shape index (κ1) is 29.1. The van der Waals surface area contributed by atoms with Gasteiger partial charge in [-0.2, -0.15) is 0 Å². The normalized spacial score (nSPS) is 17.1. The molecule has 9 aromatic rings. The minimum Gasteiger partial charge on any atom is -0.456 e. The number of hydrogen-bond donors (Lipinski definition) is 1. The van der Waals surface area contributed by atoms with Crippen LogP contribution in [-0.4, -0.2) is 11.7 Å².